The molecule has 1 heterocycles. The maximum absolute atomic E-state index is 5.93. The van der Waals surface area contributed by atoms with E-state index >= 15 is 0 Å². The summed E-state index contributed by atoms with van der Waals surface area (Å²) in [6.07, 6.45) is 5.40. The number of likely N-dealkylation sites (tertiary alicyclic amines) is 1. The second-order valence-corrected chi connectivity index (χ2v) is 6.09. The minimum absolute atomic E-state index is 0.841. The molecule has 1 saturated heterocycles. The number of hydrogen-bond acceptors (Lipinski definition) is 2. The van der Waals surface area contributed by atoms with Crippen LogP contribution in [-0.2, 0) is 6.54 Å². The van der Waals surface area contributed by atoms with E-state index in [1.165, 1.54) is 44.3 Å². The molecule has 18 heavy (non-hydrogen) atoms. The van der Waals surface area contributed by atoms with Gasteiger partial charge in [0.2, 0.25) is 0 Å². The van der Waals surface area contributed by atoms with Crippen LogP contribution in [0, 0.1) is 5.92 Å². The molecule has 1 unspecified atom stereocenters. The molecule has 2 rings (SSSR count). The topological polar surface area (TPSA) is 29.3 Å². The Morgan fingerprint density at radius 2 is 2.17 bits per heavy atom. The number of halogens is 1. The highest BCUT2D eigenvalue weighted by Crippen LogP contribution is 2.27. The van der Waals surface area contributed by atoms with E-state index in [9.17, 15) is 0 Å². The molecule has 1 aliphatic rings. The molecule has 1 fully saturated rings. The maximum Gasteiger partial charge on any atom is 0.0461 e. The summed E-state index contributed by atoms with van der Waals surface area (Å²) in [6, 6.07) is 6.16. The Labute approximate surface area is 119 Å². The van der Waals surface area contributed by atoms with E-state index in [2.05, 4.69) is 33.8 Å². The van der Waals surface area contributed by atoms with Gasteiger partial charge < -0.3 is 5.73 Å². The fourth-order valence-corrected chi connectivity index (χ4v) is 3.14. The van der Waals surface area contributed by atoms with Crippen LogP contribution in [0.3, 0.4) is 0 Å². The fourth-order valence-electron chi connectivity index (χ4n) is 2.75. The predicted octanol–water partition coefficient (Wildman–Crippen LogP) is 4.04. The summed E-state index contributed by atoms with van der Waals surface area (Å²) in [6.45, 7) is 5.77. The molecular formula is C15H23BrN2. The molecule has 0 bridgehead atoms. The molecule has 2 nitrogen and oxygen atoms in total. The monoisotopic (exact) mass is 310 g/mol. The Hall–Kier alpha value is -0.540. The van der Waals surface area contributed by atoms with Crippen LogP contribution in [0.4, 0.5) is 5.69 Å². The first-order valence-corrected chi connectivity index (χ1v) is 7.75. The van der Waals surface area contributed by atoms with Crippen LogP contribution >= 0.6 is 15.9 Å². The van der Waals surface area contributed by atoms with E-state index in [1.807, 2.05) is 12.1 Å². The minimum atomic E-state index is 0.841. The third kappa shape index (κ3) is 3.48. The van der Waals surface area contributed by atoms with E-state index in [-0.39, 0.29) is 0 Å². The average Bonchev–Trinajstić information content (AvgIpc) is 2.60. The number of benzene rings is 1. The van der Waals surface area contributed by atoms with Gasteiger partial charge in [0.15, 0.2) is 0 Å². The smallest absolute Gasteiger partial charge is 0.0461 e. The number of nitrogens with two attached hydrogens (primary N) is 1. The highest BCUT2D eigenvalue weighted by molar-refractivity contribution is 9.10. The van der Waals surface area contributed by atoms with E-state index in [1.54, 1.807) is 0 Å². The van der Waals surface area contributed by atoms with Crippen LogP contribution in [0.2, 0.25) is 0 Å². The SMILES string of the molecule is CCC1CCCN(Cc2cccc(N)c2Br)CC1. The zero-order chi connectivity index (χ0) is 13.0. The number of anilines is 1. The Balaban J connectivity index is 1.99. The van der Waals surface area contributed by atoms with Crippen molar-refractivity contribution in [2.75, 3.05) is 18.8 Å². The second-order valence-electron chi connectivity index (χ2n) is 5.30. The Bertz CT molecular complexity index is 392. The third-order valence-electron chi connectivity index (χ3n) is 4.02. The summed E-state index contributed by atoms with van der Waals surface area (Å²) in [5, 5.41) is 0. The molecule has 3 heteroatoms. The van der Waals surface area contributed by atoms with Crippen molar-refractivity contribution in [2.24, 2.45) is 5.92 Å². The van der Waals surface area contributed by atoms with Crippen molar-refractivity contribution in [1.82, 2.24) is 4.90 Å². The summed E-state index contributed by atoms with van der Waals surface area (Å²) < 4.78 is 1.07. The third-order valence-corrected chi connectivity index (χ3v) is 4.99. The van der Waals surface area contributed by atoms with Crippen molar-refractivity contribution < 1.29 is 0 Å². The minimum Gasteiger partial charge on any atom is -0.398 e. The van der Waals surface area contributed by atoms with Gasteiger partial charge in [0.05, 0.1) is 0 Å². The van der Waals surface area contributed by atoms with Crippen molar-refractivity contribution in [3.63, 3.8) is 0 Å². The van der Waals surface area contributed by atoms with Gasteiger partial charge in [-0.3, -0.25) is 4.90 Å². The lowest BCUT2D eigenvalue weighted by molar-refractivity contribution is 0.271. The van der Waals surface area contributed by atoms with Gasteiger partial charge >= 0.3 is 0 Å². The zero-order valence-electron chi connectivity index (χ0n) is 11.2. The van der Waals surface area contributed by atoms with Crippen molar-refractivity contribution in [2.45, 2.75) is 39.2 Å². The summed E-state index contributed by atoms with van der Waals surface area (Å²) in [5.41, 5.74) is 8.09. The van der Waals surface area contributed by atoms with Crippen molar-refractivity contribution in [1.29, 1.82) is 0 Å². The summed E-state index contributed by atoms with van der Waals surface area (Å²) in [5.74, 6) is 0.930. The van der Waals surface area contributed by atoms with E-state index in [4.69, 9.17) is 5.73 Å². The summed E-state index contributed by atoms with van der Waals surface area (Å²) in [7, 11) is 0. The lowest BCUT2D eigenvalue weighted by Gasteiger charge is -2.21. The van der Waals surface area contributed by atoms with Crippen LogP contribution < -0.4 is 5.73 Å². The Morgan fingerprint density at radius 1 is 1.33 bits per heavy atom. The van der Waals surface area contributed by atoms with Gasteiger partial charge in [-0.25, -0.2) is 0 Å². The van der Waals surface area contributed by atoms with Crippen LogP contribution in [0.25, 0.3) is 0 Å². The molecular weight excluding hydrogens is 288 g/mol. The molecule has 0 spiro atoms. The second kappa shape index (κ2) is 6.58. The maximum atomic E-state index is 5.93. The summed E-state index contributed by atoms with van der Waals surface area (Å²) >= 11 is 3.60. The first-order chi connectivity index (χ1) is 8.70. The van der Waals surface area contributed by atoms with Gasteiger partial charge in [-0.2, -0.15) is 0 Å². The molecule has 1 aromatic carbocycles. The van der Waals surface area contributed by atoms with Gasteiger partial charge in [0.1, 0.15) is 0 Å². The van der Waals surface area contributed by atoms with Crippen LogP contribution in [0.15, 0.2) is 22.7 Å². The molecule has 1 atom stereocenters. The molecule has 0 radical (unpaired) electrons. The van der Waals surface area contributed by atoms with Crippen LogP contribution in [0.1, 0.15) is 38.2 Å². The average molecular weight is 311 g/mol. The molecule has 0 aliphatic carbocycles. The van der Waals surface area contributed by atoms with Gasteiger partial charge in [0, 0.05) is 16.7 Å². The van der Waals surface area contributed by atoms with E-state index in [0.29, 0.717) is 0 Å². The van der Waals surface area contributed by atoms with Gasteiger partial charge in [-0.1, -0.05) is 25.5 Å². The molecule has 0 saturated carbocycles. The van der Waals surface area contributed by atoms with Crippen molar-refractivity contribution in [3.8, 4) is 0 Å². The lowest BCUT2D eigenvalue weighted by Crippen LogP contribution is -2.24. The highest BCUT2D eigenvalue weighted by atomic mass is 79.9. The van der Waals surface area contributed by atoms with E-state index < -0.39 is 0 Å². The highest BCUT2D eigenvalue weighted by Gasteiger charge is 2.16. The quantitative estimate of drug-likeness (QED) is 0.854. The number of rotatable bonds is 3. The molecule has 0 amide bonds. The first-order valence-electron chi connectivity index (χ1n) is 6.96. The van der Waals surface area contributed by atoms with Gasteiger partial charge in [-0.05, 0) is 65.8 Å². The number of hydrogen-bond donors (Lipinski definition) is 1. The lowest BCUT2D eigenvalue weighted by atomic mass is 9.98. The molecule has 100 valence electrons. The fraction of sp³-hybridized carbons (Fsp3) is 0.600. The van der Waals surface area contributed by atoms with Crippen molar-refractivity contribution >= 4 is 21.6 Å². The Kier molecular flexibility index (Phi) is 5.07. The van der Waals surface area contributed by atoms with Gasteiger partial charge in [-0.15, -0.1) is 0 Å². The Morgan fingerprint density at radius 3 is 2.94 bits per heavy atom. The molecule has 2 N–H and O–H groups in total. The predicted molar refractivity (Wildman–Crippen MR) is 81.5 cm³/mol. The zero-order valence-corrected chi connectivity index (χ0v) is 12.7. The first kappa shape index (κ1) is 13.9. The normalized spacial score (nSPS) is 21.8. The van der Waals surface area contributed by atoms with E-state index in [0.717, 1.165) is 22.6 Å². The number of nitrogen functional groups attached to an aromatic ring is 1. The largest absolute Gasteiger partial charge is 0.398 e. The van der Waals surface area contributed by atoms with Gasteiger partial charge in [0.25, 0.3) is 0 Å². The van der Waals surface area contributed by atoms with Crippen molar-refractivity contribution in [3.05, 3.63) is 28.2 Å². The standard InChI is InChI=1S/C15H23BrN2/c1-2-12-5-4-9-18(10-8-12)11-13-6-3-7-14(17)15(13)16/h3,6-7,12H,2,4-5,8-11,17H2,1H3. The summed E-state index contributed by atoms with van der Waals surface area (Å²) in [4.78, 5) is 2.56. The van der Waals surface area contributed by atoms with Crippen LogP contribution in [-0.4, -0.2) is 18.0 Å². The molecule has 1 aromatic rings. The molecule has 1 aliphatic heterocycles. The molecule has 0 aromatic heterocycles. The van der Waals surface area contributed by atoms with Crippen LogP contribution in [0.5, 0.6) is 0 Å². The number of nitrogens with zero attached hydrogens (tertiary/aromatic N) is 1.